The highest BCUT2D eigenvalue weighted by Gasteiger charge is 2.22. The van der Waals surface area contributed by atoms with Gasteiger partial charge in [0.1, 0.15) is 5.37 Å². The van der Waals surface area contributed by atoms with Crippen LogP contribution in [0.3, 0.4) is 0 Å². The van der Waals surface area contributed by atoms with E-state index in [2.05, 4.69) is 5.32 Å². The predicted octanol–water partition coefficient (Wildman–Crippen LogP) is -0.625. The van der Waals surface area contributed by atoms with Gasteiger partial charge in [-0.15, -0.1) is 0 Å². The molecule has 1 aliphatic rings. The van der Waals surface area contributed by atoms with E-state index < -0.39 is 15.4 Å². The number of sulfonamides is 1. The number of rotatable bonds is 1. The van der Waals surface area contributed by atoms with E-state index in [1.807, 2.05) is 0 Å². The monoisotopic (exact) mass is 164 g/mol. The van der Waals surface area contributed by atoms with Gasteiger partial charge in [-0.25, -0.2) is 13.6 Å². The van der Waals surface area contributed by atoms with Gasteiger partial charge >= 0.3 is 0 Å². The van der Waals surface area contributed by atoms with Gasteiger partial charge in [0.25, 0.3) is 0 Å². The molecule has 0 aliphatic carbocycles. The number of hydrogen-bond donors (Lipinski definition) is 2. The largest absolute Gasteiger partial charge is 0.300 e. The molecule has 0 bridgehead atoms. The number of hydrogen-bond acceptors (Lipinski definition) is 3. The van der Waals surface area contributed by atoms with Crippen molar-refractivity contribution in [1.82, 2.24) is 5.32 Å². The fourth-order valence-electron chi connectivity index (χ4n) is 1.10. The molecule has 5 heteroatoms. The third-order valence-corrected chi connectivity index (χ3v) is 2.86. The second-order valence-electron chi connectivity index (χ2n) is 2.53. The van der Waals surface area contributed by atoms with Crippen LogP contribution in [0, 0.1) is 0 Å². The van der Waals surface area contributed by atoms with Crippen molar-refractivity contribution in [2.45, 2.75) is 24.6 Å². The Kier molecular flexibility index (Phi) is 2.28. The summed E-state index contributed by atoms with van der Waals surface area (Å²) >= 11 is 0. The Labute approximate surface area is 60.8 Å². The van der Waals surface area contributed by atoms with Crippen LogP contribution in [-0.2, 0) is 10.0 Å². The van der Waals surface area contributed by atoms with E-state index in [-0.39, 0.29) is 0 Å². The predicted molar refractivity (Wildman–Crippen MR) is 38.7 cm³/mol. The molecule has 1 unspecified atom stereocenters. The van der Waals surface area contributed by atoms with Crippen LogP contribution in [0.1, 0.15) is 19.3 Å². The fraction of sp³-hybridized carbons (Fsp3) is 1.00. The van der Waals surface area contributed by atoms with Gasteiger partial charge in [0.2, 0.25) is 10.0 Å². The Balaban J connectivity index is 2.56. The minimum atomic E-state index is -3.34. The summed E-state index contributed by atoms with van der Waals surface area (Å²) in [5.74, 6) is 0. The molecule has 0 aromatic carbocycles. The van der Waals surface area contributed by atoms with Crippen LogP contribution >= 0.6 is 0 Å². The molecule has 60 valence electrons. The zero-order valence-electron chi connectivity index (χ0n) is 5.71. The highest BCUT2D eigenvalue weighted by atomic mass is 32.2. The van der Waals surface area contributed by atoms with Crippen molar-refractivity contribution in [2.24, 2.45) is 5.14 Å². The number of piperidine rings is 1. The van der Waals surface area contributed by atoms with Crippen molar-refractivity contribution in [3.05, 3.63) is 0 Å². The van der Waals surface area contributed by atoms with Crippen molar-refractivity contribution in [3.8, 4) is 0 Å². The summed E-state index contributed by atoms with van der Waals surface area (Å²) in [5.41, 5.74) is 0. The molecule has 0 aromatic rings. The summed E-state index contributed by atoms with van der Waals surface area (Å²) < 4.78 is 21.4. The summed E-state index contributed by atoms with van der Waals surface area (Å²) in [6.07, 6.45) is 2.65. The standard InChI is InChI=1S/C5H12N2O2S/c6-10(8,9)5-3-1-2-4-7-5/h5,7H,1-4H2,(H2,6,8,9). The molecule has 1 heterocycles. The van der Waals surface area contributed by atoms with Gasteiger partial charge in [-0.3, -0.25) is 0 Å². The highest BCUT2D eigenvalue weighted by Crippen LogP contribution is 2.09. The third-order valence-electron chi connectivity index (χ3n) is 1.66. The maximum atomic E-state index is 10.7. The van der Waals surface area contributed by atoms with Crippen LogP contribution in [0.2, 0.25) is 0 Å². The maximum Gasteiger partial charge on any atom is 0.225 e. The molecule has 1 rings (SSSR count). The molecular formula is C5H12N2O2S. The van der Waals surface area contributed by atoms with Crippen LogP contribution in [-0.4, -0.2) is 20.3 Å². The van der Waals surface area contributed by atoms with Gasteiger partial charge < -0.3 is 5.32 Å². The van der Waals surface area contributed by atoms with Gasteiger partial charge in [-0.1, -0.05) is 0 Å². The summed E-state index contributed by atoms with van der Waals surface area (Å²) in [7, 11) is -3.34. The molecule has 1 saturated heterocycles. The van der Waals surface area contributed by atoms with Crippen molar-refractivity contribution in [2.75, 3.05) is 6.54 Å². The smallest absolute Gasteiger partial charge is 0.225 e. The fourth-order valence-corrected chi connectivity index (χ4v) is 1.95. The molecule has 0 amide bonds. The molecule has 0 aromatic heterocycles. The lowest BCUT2D eigenvalue weighted by Gasteiger charge is -2.20. The summed E-state index contributed by atoms with van der Waals surface area (Å²) in [5, 5.41) is 7.27. The molecule has 1 aliphatic heterocycles. The number of primary sulfonamides is 1. The Bertz CT molecular complexity index is 194. The zero-order valence-corrected chi connectivity index (χ0v) is 6.52. The van der Waals surface area contributed by atoms with Gasteiger partial charge in [0.05, 0.1) is 0 Å². The average Bonchev–Trinajstić information content (AvgIpc) is 1.88. The molecule has 3 N–H and O–H groups in total. The van der Waals surface area contributed by atoms with Gasteiger partial charge in [-0.05, 0) is 25.8 Å². The van der Waals surface area contributed by atoms with Gasteiger partial charge in [0.15, 0.2) is 0 Å². The lowest BCUT2D eigenvalue weighted by atomic mass is 10.2. The Morgan fingerprint density at radius 2 is 2.10 bits per heavy atom. The molecule has 1 atom stereocenters. The molecule has 4 nitrogen and oxygen atoms in total. The first-order valence-electron chi connectivity index (χ1n) is 3.36. The Morgan fingerprint density at radius 3 is 2.40 bits per heavy atom. The quantitative estimate of drug-likeness (QED) is 0.542. The second-order valence-corrected chi connectivity index (χ2v) is 4.27. The second kappa shape index (κ2) is 2.86. The van der Waals surface area contributed by atoms with E-state index in [1.165, 1.54) is 0 Å². The molecule has 0 spiro atoms. The summed E-state index contributed by atoms with van der Waals surface area (Å²) in [6, 6.07) is 0. The van der Waals surface area contributed by atoms with Gasteiger partial charge in [0, 0.05) is 0 Å². The first-order chi connectivity index (χ1) is 4.61. The summed E-state index contributed by atoms with van der Waals surface area (Å²) in [4.78, 5) is 0. The van der Waals surface area contributed by atoms with Crippen LogP contribution in [0.15, 0.2) is 0 Å². The number of nitrogens with two attached hydrogens (primary N) is 1. The van der Waals surface area contributed by atoms with Crippen molar-refractivity contribution < 1.29 is 8.42 Å². The Hall–Kier alpha value is -0.130. The highest BCUT2D eigenvalue weighted by molar-refractivity contribution is 7.89. The average molecular weight is 164 g/mol. The van der Waals surface area contributed by atoms with Crippen molar-refractivity contribution >= 4 is 10.0 Å². The van der Waals surface area contributed by atoms with E-state index in [0.717, 1.165) is 19.4 Å². The van der Waals surface area contributed by atoms with E-state index in [1.54, 1.807) is 0 Å². The van der Waals surface area contributed by atoms with E-state index in [4.69, 9.17) is 5.14 Å². The van der Waals surface area contributed by atoms with Gasteiger partial charge in [-0.2, -0.15) is 0 Å². The summed E-state index contributed by atoms with van der Waals surface area (Å²) in [6.45, 7) is 0.765. The van der Waals surface area contributed by atoms with Crippen LogP contribution in [0.25, 0.3) is 0 Å². The van der Waals surface area contributed by atoms with Crippen LogP contribution in [0.4, 0.5) is 0 Å². The molecule has 1 fully saturated rings. The topological polar surface area (TPSA) is 72.2 Å². The molecular weight excluding hydrogens is 152 g/mol. The first kappa shape index (κ1) is 7.97. The molecule has 0 radical (unpaired) electrons. The zero-order chi connectivity index (χ0) is 7.61. The van der Waals surface area contributed by atoms with E-state index in [0.29, 0.717) is 6.42 Å². The van der Waals surface area contributed by atoms with Crippen molar-refractivity contribution in [3.63, 3.8) is 0 Å². The lowest BCUT2D eigenvalue weighted by molar-refractivity contribution is 0.461. The van der Waals surface area contributed by atoms with E-state index >= 15 is 0 Å². The van der Waals surface area contributed by atoms with Crippen LogP contribution < -0.4 is 10.5 Å². The lowest BCUT2D eigenvalue weighted by Crippen LogP contribution is -2.43. The minimum absolute atomic E-state index is 0.499. The number of nitrogens with one attached hydrogen (secondary N) is 1. The molecule has 0 saturated carbocycles. The van der Waals surface area contributed by atoms with E-state index in [9.17, 15) is 8.42 Å². The van der Waals surface area contributed by atoms with Crippen LogP contribution in [0.5, 0.6) is 0 Å². The third kappa shape index (κ3) is 1.93. The maximum absolute atomic E-state index is 10.7. The van der Waals surface area contributed by atoms with Crippen molar-refractivity contribution in [1.29, 1.82) is 0 Å². The SMILES string of the molecule is NS(=O)(=O)C1CCCCN1. The molecule has 10 heavy (non-hydrogen) atoms. The Morgan fingerprint density at radius 1 is 1.40 bits per heavy atom. The first-order valence-corrected chi connectivity index (χ1v) is 4.96. The normalized spacial score (nSPS) is 28.3. The minimum Gasteiger partial charge on any atom is -0.300 e.